The third kappa shape index (κ3) is 11.8. The molecule has 0 aliphatic carbocycles. The number of rotatable bonds is 16. The molecular formula is C18H36O5Si. The lowest BCUT2D eigenvalue weighted by Gasteiger charge is -2.26. The monoisotopic (exact) mass is 360 g/mol. The lowest BCUT2D eigenvalue weighted by atomic mass is 10.1. The molecule has 0 rings (SSSR count). The second-order valence-corrected chi connectivity index (χ2v) is 8.87. The van der Waals surface area contributed by atoms with Crippen molar-refractivity contribution in [2.45, 2.75) is 77.7 Å². The molecule has 24 heavy (non-hydrogen) atoms. The number of carbonyl (C=O) groups is 1. The van der Waals surface area contributed by atoms with Crippen LogP contribution in [-0.2, 0) is 22.8 Å². The minimum Gasteiger partial charge on any atom is -0.436 e. The van der Waals surface area contributed by atoms with Gasteiger partial charge in [0.2, 0.25) is 0 Å². The van der Waals surface area contributed by atoms with E-state index in [9.17, 15) is 4.79 Å². The average Bonchev–Trinajstić information content (AvgIpc) is 2.59. The summed E-state index contributed by atoms with van der Waals surface area (Å²) in [5.74, 6) is -0.421. The Bertz CT molecular complexity index is 329. The van der Waals surface area contributed by atoms with Gasteiger partial charge in [0.1, 0.15) is 0 Å². The molecule has 0 heterocycles. The van der Waals surface area contributed by atoms with Crippen molar-refractivity contribution in [2.24, 2.45) is 0 Å². The second kappa shape index (κ2) is 15.8. The molecule has 0 aliphatic heterocycles. The van der Waals surface area contributed by atoms with Crippen LogP contribution in [0.15, 0.2) is 12.2 Å². The third-order valence-electron chi connectivity index (χ3n) is 3.99. The molecule has 0 amide bonds. The van der Waals surface area contributed by atoms with Gasteiger partial charge in [0.25, 0.3) is 0 Å². The zero-order valence-electron chi connectivity index (χ0n) is 16.0. The predicted octanol–water partition coefficient (Wildman–Crippen LogP) is 4.84. The van der Waals surface area contributed by atoms with Crippen molar-refractivity contribution in [3.63, 3.8) is 0 Å². The van der Waals surface area contributed by atoms with Gasteiger partial charge in [-0.3, -0.25) is 0 Å². The van der Waals surface area contributed by atoms with Crippen molar-refractivity contribution in [3.05, 3.63) is 12.2 Å². The molecule has 0 aromatic heterocycles. The minimum absolute atomic E-state index is 0.130. The zero-order chi connectivity index (χ0) is 18.1. The Labute approximate surface area is 149 Å². The van der Waals surface area contributed by atoms with Gasteiger partial charge in [-0.15, -0.1) is 0 Å². The minimum atomic E-state index is -2.72. The number of allylic oxidation sites excluding steroid dienone is 1. The van der Waals surface area contributed by atoms with Gasteiger partial charge in [-0.2, -0.15) is 0 Å². The Morgan fingerprint density at radius 2 is 1.46 bits per heavy atom. The van der Waals surface area contributed by atoms with E-state index in [2.05, 4.69) is 6.92 Å². The summed E-state index contributed by atoms with van der Waals surface area (Å²) in [6.07, 6.45) is 14.4. The zero-order valence-corrected chi connectivity index (χ0v) is 17.0. The van der Waals surface area contributed by atoms with Crippen LogP contribution in [-0.4, -0.2) is 35.8 Å². The van der Waals surface area contributed by atoms with E-state index in [4.69, 9.17) is 18.0 Å². The molecule has 0 aromatic carbocycles. The highest BCUT2D eigenvalue weighted by atomic mass is 28.4. The fourth-order valence-corrected chi connectivity index (χ4v) is 4.37. The molecule has 0 aliphatic rings. The van der Waals surface area contributed by atoms with Crippen LogP contribution in [0.3, 0.4) is 0 Å². The van der Waals surface area contributed by atoms with E-state index in [-0.39, 0.29) is 6.79 Å². The molecular weight excluding hydrogens is 324 g/mol. The molecule has 0 unspecified atom stereocenters. The first kappa shape index (κ1) is 23.3. The Balaban J connectivity index is 3.87. The van der Waals surface area contributed by atoms with Crippen molar-refractivity contribution < 1.29 is 22.8 Å². The number of hydrogen-bond acceptors (Lipinski definition) is 5. The van der Waals surface area contributed by atoms with Gasteiger partial charge in [-0.1, -0.05) is 64.4 Å². The number of carbonyl (C=O) groups excluding carboxylic acids is 1. The van der Waals surface area contributed by atoms with Gasteiger partial charge < -0.3 is 18.0 Å². The molecule has 0 saturated heterocycles. The van der Waals surface area contributed by atoms with Crippen LogP contribution in [0.1, 0.15) is 71.6 Å². The van der Waals surface area contributed by atoms with Gasteiger partial charge in [-0.25, -0.2) is 4.79 Å². The molecule has 142 valence electrons. The average molecular weight is 361 g/mol. The third-order valence-corrected chi connectivity index (χ3v) is 6.76. The summed E-state index contributed by atoms with van der Waals surface area (Å²) in [6, 6.07) is 0.747. The Kier molecular flexibility index (Phi) is 15.4. The van der Waals surface area contributed by atoms with Gasteiger partial charge >= 0.3 is 14.8 Å². The van der Waals surface area contributed by atoms with E-state index >= 15 is 0 Å². The highest BCUT2D eigenvalue weighted by molar-refractivity contribution is 6.60. The molecule has 0 saturated carbocycles. The maximum absolute atomic E-state index is 11.3. The van der Waals surface area contributed by atoms with Gasteiger partial charge in [-0.05, 0) is 13.3 Å². The molecule has 0 N–H and O–H groups in total. The highest BCUT2D eigenvalue weighted by Gasteiger charge is 2.38. The lowest BCUT2D eigenvalue weighted by Crippen LogP contribution is -2.44. The van der Waals surface area contributed by atoms with Crippen molar-refractivity contribution in [2.75, 3.05) is 21.0 Å². The second-order valence-electron chi connectivity index (χ2n) is 5.90. The fourth-order valence-electron chi connectivity index (χ4n) is 2.49. The quantitative estimate of drug-likeness (QED) is 0.130. The first-order chi connectivity index (χ1) is 11.6. The predicted molar refractivity (Wildman–Crippen MR) is 98.7 cm³/mol. The molecule has 0 radical (unpaired) electrons. The number of esters is 1. The molecule has 5 nitrogen and oxygen atoms in total. The lowest BCUT2D eigenvalue weighted by molar-refractivity contribution is -0.146. The Morgan fingerprint density at radius 3 is 1.96 bits per heavy atom. The van der Waals surface area contributed by atoms with E-state index in [0.717, 1.165) is 18.9 Å². The van der Waals surface area contributed by atoms with E-state index in [1.165, 1.54) is 51.0 Å². The van der Waals surface area contributed by atoms with Crippen LogP contribution in [0.2, 0.25) is 6.04 Å². The molecule has 0 aromatic rings. The molecule has 0 fully saturated rings. The standard InChI is InChI=1S/C18H36O5Si/c1-5-7-8-9-10-11-12-13-14-16-24(20-3,21-4)23-17-22-18(19)15-6-2/h6,15H,5,7-14,16-17H2,1-4H3. The maximum atomic E-state index is 11.3. The Morgan fingerprint density at radius 1 is 0.917 bits per heavy atom. The Hall–Kier alpha value is -0.693. The van der Waals surface area contributed by atoms with Crippen LogP contribution in [0.5, 0.6) is 0 Å². The van der Waals surface area contributed by atoms with Crippen LogP contribution in [0, 0.1) is 0 Å². The maximum Gasteiger partial charge on any atom is 0.502 e. The van der Waals surface area contributed by atoms with E-state index < -0.39 is 14.8 Å². The van der Waals surface area contributed by atoms with Crippen molar-refractivity contribution in [1.29, 1.82) is 0 Å². The summed E-state index contributed by atoms with van der Waals surface area (Å²) >= 11 is 0. The molecule has 6 heteroatoms. The largest absolute Gasteiger partial charge is 0.502 e. The number of hydrogen-bond donors (Lipinski definition) is 0. The first-order valence-corrected chi connectivity index (χ1v) is 11.1. The summed E-state index contributed by atoms with van der Waals surface area (Å²) in [5.41, 5.74) is 0. The van der Waals surface area contributed by atoms with Gasteiger partial charge in [0.15, 0.2) is 6.79 Å². The molecule has 0 bridgehead atoms. The topological polar surface area (TPSA) is 54.0 Å². The SMILES string of the molecule is CC=CC(=O)OCO[Si](CCCCCCCCCCC)(OC)OC. The summed E-state index contributed by atoms with van der Waals surface area (Å²) in [5, 5.41) is 0. The van der Waals surface area contributed by atoms with Crippen LogP contribution in [0.4, 0.5) is 0 Å². The summed E-state index contributed by atoms with van der Waals surface area (Å²) in [7, 11) is 0.468. The fraction of sp³-hybridized carbons (Fsp3) is 0.833. The van der Waals surface area contributed by atoms with Crippen molar-refractivity contribution in [3.8, 4) is 0 Å². The highest BCUT2D eigenvalue weighted by Crippen LogP contribution is 2.19. The first-order valence-electron chi connectivity index (χ1n) is 9.17. The van der Waals surface area contributed by atoms with Gasteiger partial charge in [0.05, 0.1) is 0 Å². The van der Waals surface area contributed by atoms with Crippen molar-refractivity contribution in [1.82, 2.24) is 0 Å². The summed E-state index contributed by atoms with van der Waals surface area (Å²) in [6.45, 7) is 3.87. The summed E-state index contributed by atoms with van der Waals surface area (Å²) in [4.78, 5) is 11.3. The van der Waals surface area contributed by atoms with Crippen LogP contribution in [0.25, 0.3) is 0 Å². The smallest absolute Gasteiger partial charge is 0.436 e. The molecule has 0 atom stereocenters. The van der Waals surface area contributed by atoms with E-state index in [1.54, 1.807) is 27.2 Å². The normalized spacial score (nSPS) is 12.0. The van der Waals surface area contributed by atoms with Gasteiger partial charge in [0, 0.05) is 26.3 Å². The van der Waals surface area contributed by atoms with Crippen LogP contribution < -0.4 is 0 Å². The summed E-state index contributed by atoms with van der Waals surface area (Å²) < 4.78 is 21.6. The van der Waals surface area contributed by atoms with E-state index in [1.807, 2.05) is 0 Å². The number of unbranched alkanes of at least 4 members (excludes halogenated alkanes) is 8. The van der Waals surface area contributed by atoms with E-state index in [0.29, 0.717) is 0 Å². The van der Waals surface area contributed by atoms with Crippen LogP contribution >= 0.6 is 0 Å². The molecule has 0 spiro atoms. The number of ether oxygens (including phenoxy) is 1. The van der Waals surface area contributed by atoms with Crippen molar-refractivity contribution >= 4 is 14.8 Å².